The number of aromatic nitrogens is 2. The zero-order valence-corrected chi connectivity index (χ0v) is 19.1. The Kier molecular flexibility index (Phi) is 5.60. The average molecular weight is 430 g/mol. The fourth-order valence-corrected chi connectivity index (χ4v) is 5.18. The molecule has 0 aromatic carbocycles. The first-order valence-electron chi connectivity index (χ1n) is 11.6. The molecule has 4 amide bonds. The zero-order valence-electron chi connectivity index (χ0n) is 19.1. The maximum atomic E-state index is 13.2. The molecule has 1 aromatic heterocycles. The summed E-state index contributed by atoms with van der Waals surface area (Å²) < 4.78 is 1.82. The molecule has 2 N–H and O–H groups in total. The van der Waals surface area contributed by atoms with Crippen LogP contribution in [0.4, 0.5) is 10.6 Å². The molecule has 2 saturated carbocycles. The third-order valence-corrected chi connectivity index (χ3v) is 8.03. The van der Waals surface area contributed by atoms with Crippen LogP contribution in [0.2, 0.25) is 0 Å². The summed E-state index contributed by atoms with van der Waals surface area (Å²) in [4.78, 5) is 39.5. The largest absolute Gasteiger partial charge is 0.325 e. The third kappa shape index (κ3) is 4.08. The minimum absolute atomic E-state index is 0.216. The Bertz CT molecular complexity index is 864. The van der Waals surface area contributed by atoms with Crippen molar-refractivity contribution in [2.75, 3.05) is 11.9 Å². The molecule has 2 aliphatic carbocycles. The first-order chi connectivity index (χ1) is 14.7. The van der Waals surface area contributed by atoms with Crippen molar-refractivity contribution in [1.29, 1.82) is 0 Å². The Morgan fingerprint density at radius 2 is 1.97 bits per heavy atom. The van der Waals surface area contributed by atoms with E-state index in [0.29, 0.717) is 30.5 Å². The molecular formula is C23H35N5O3. The zero-order chi connectivity index (χ0) is 22.4. The highest BCUT2D eigenvalue weighted by Gasteiger charge is 2.53. The molecule has 1 aliphatic heterocycles. The molecule has 3 fully saturated rings. The predicted molar refractivity (Wildman–Crippen MR) is 117 cm³/mol. The van der Waals surface area contributed by atoms with E-state index in [1.807, 2.05) is 4.68 Å². The molecule has 1 saturated heterocycles. The molecule has 2 heterocycles. The van der Waals surface area contributed by atoms with Gasteiger partial charge in [0.1, 0.15) is 17.9 Å². The van der Waals surface area contributed by atoms with Gasteiger partial charge in [-0.1, -0.05) is 27.2 Å². The quantitative estimate of drug-likeness (QED) is 0.646. The molecule has 1 spiro atoms. The molecule has 3 aliphatic rings. The predicted octanol–water partition coefficient (Wildman–Crippen LogP) is 3.71. The van der Waals surface area contributed by atoms with Gasteiger partial charge in [-0.05, 0) is 62.7 Å². The topological polar surface area (TPSA) is 96.3 Å². The van der Waals surface area contributed by atoms with Crippen molar-refractivity contribution < 1.29 is 14.4 Å². The second-order valence-corrected chi connectivity index (χ2v) is 10.3. The van der Waals surface area contributed by atoms with Gasteiger partial charge in [-0.25, -0.2) is 9.48 Å². The highest BCUT2D eigenvalue weighted by Crippen LogP contribution is 2.45. The smallest absolute Gasteiger partial charge is 0.323 e. The molecular weight excluding hydrogens is 394 g/mol. The summed E-state index contributed by atoms with van der Waals surface area (Å²) in [6.45, 7) is 8.56. The molecule has 1 aromatic rings. The van der Waals surface area contributed by atoms with Crippen molar-refractivity contribution in [3.8, 4) is 0 Å². The van der Waals surface area contributed by atoms with Gasteiger partial charge in [-0.3, -0.25) is 14.5 Å². The first-order valence-corrected chi connectivity index (χ1v) is 11.6. The van der Waals surface area contributed by atoms with Crippen LogP contribution in [-0.2, 0) is 9.59 Å². The van der Waals surface area contributed by atoms with Crippen LogP contribution in [0, 0.1) is 17.3 Å². The second-order valence-electron chi connectivity index (χ2n) is 10.3. The van der Waals surface area contributed by atoms with Gasteiger partial charge in [0.25, 0.3) is 5.91 Å². The van der Waals surface area contributed by atoms with E-state index >= 15 is 0 Å². The molecule has 8 nitrogen and oxygen atoms in total. The molecule has 1 atom stereocenters. The third-order valence-electron chi connectivity index (χ3n) is 8.03. The van der Waals surface area contributed by atoms with Gasteiger partial charge in [0.2, 0.25) is 5.91 Å². The average Bonchev–Trinajstić information content (AvgIpc) is 3.46. The van der Waals surface area contributed by atoms with Crippen molar-refractivity contribution in [3.63, 3.8) is 0 Å². The number of amides is 4. The number of rotatable bonds is 7. The summed E-state index contributed by atoms with van der Waals surface area (Å²) in [6, 6.07) is 1.50. The standard InChI is InChI=1S/C23H35N5O3/c1-5-22(3,4)17-8-11-23(12-9-17)20(30)27(21(31)26-23)14-19(29)25-18-10-13-24-28(18)15(2)16-6-7-16/h10,13,15-17H,5-9,11-12,14H2,1-4H3,(H,25,29)(H,26,31). The number of hydrogen-bond donors (Lipinski definition) is 2. The minimum atomic E-state index is -0.847. The van der Waals surface area contributed by atoms with Gasteiger partial charge in [-0.15, -0.1) is 0 Å². The van der Waals surface area contributed by atoms with Crippen LogP contribution in [0.25, 0.3) is 0 Å². The molecule has 0 bridgehead atoms. The minimum Gasteiger partial charge on any atom is -0.323 e. The Labute approximate surface area is 184 Å². The maximum absolute atomic E-state index is 13.2. The lowest BCUT2D eigenvalue weighted by atomic mass is 9.65. The summed E-state index contributed by atoms with van der Waals surface area (Å²) in [5, 5.41) is 10.1. The van der Waals surface area contributed by atoms with Gasteiger partial charge in [0.15, 0.2) is 0 Å². The van der Waals surface area contributed by atoms with E-state index < -0.39 is 11.6 Å². The lowest BCUT2D eigenvalue weighted by Gasteiger charge is -2.42. The number of carbonyl (C=O) groups excluding carboxylic acids is 3. The lowest BCUT2D eigenvalue weighted by Crippen LogP contribution is -2.51. The van der Waals surface area contributed by atoms with Crippen molar-refractivity contribution >= 4 is 23.7 Å². The molecule has 0 radical (unpaired) electrons. The van der Waals surface area contributed by atoms with Crippen LogP contribution in [0.15, 0.2) is 12.3 Å². The highest BCUT2D eigenvalue weighted by molar-refractivity contribution is 6.10. The van der Waals surface area contributed by atoms with Gasteiger partial charge < -0.3 is 10.6 Å². The van der Waals surface area contributed by atoms with Gasteiger partial charge in [0.05, 0.1) is 12.2 Å². The van der Waals surface area contributed by atoms with E-state index in [0.717, 1.165) is 24.2 Å². The molecule has 170 valence electrons. The fourth-order valence-electron chi connectivity index (χ4n) is 5.18. The summed E-state index contributed by atoms with van der Waals surface area (Å²) in [5.74, 6) is 1.09. The van der Waals surface area contributed by atoms with Crippen molar-refractivity contribution in [2.24, 2.45) is 17.3 Å². The van der Waals surface area contributed by atoms with Crippen LogP contribution in [0.1, 0.15) is 78.7 Å². The number of urea groups is 1. The van der Waals surface area contributed by atoms with Crippen LogP contribution in [0.5, 0.6) is 0 Å². The number of hydrogen-bond acceptors (Lipinski definition) is 4. The van der Waals surface area contributed by atoms with E-state index in [1.54, 1.807) is 12.3 Å². The lowest BCUT2D eigenvalue weighted by molar-refractivity contribution is -0.135. The highest BCUT2D eigenvalue weighted by atomic mass is 16.2. The van der Waals surface area contributed by atoms with E-state index in [9.17, 15) is 14.4 Å². The van der Waals surface area contributed by atoms with E-state index in [-0.39, 0.29) is 29.8 Å². The van der Waals surface area contributed by atoms with Crippen molar-refractivity contribution in [1.82, 2.24) is 20.0 Å². The number of carbonyl (C=O) groups is 3. The van der Waals surface area contributed by atoms with Crippen molar-refractivity contribution in [2.45, 2.75) is 84.2 Å². The van der Waals surface area contributed by atoms with Crippen LogP contribution < -0.4 is 10.6 Å². The van der Waals surface area contributed by atoms with Gasteiger partial charge in [0, 0.05) is 6.07 Å². The summed E-state index contributed by atoms with van der Waals surface area (Å²) in [7, 11) is 0. The van der Waals surface area contributed by atoms with E-state index in [2.05, 4.69) is 43.4 Å². The number of imide groups is 1. The van der Waals surface area contributed by atoms with Crippen LogP contribution in [-0.4, -0.2) is 44.6 Å². The monoisotopic (exact) mass is 429 g/mol. The Morgan fingerprint density at radius 1 is 1.29 bits per heavy atom. The number of anilines is 1. The molecule has 4 rings (SSSR count). The summed E-state index contributed by atoms with van der Waals surface area (Å²) >= 11 is 0. The van der Waals surface area contributed by atoms with Gasteiger partial charge >= 0.3 is 6.03 Å². The summed E-state index contributed by atoms with van der Waals surface area (Å²) in [6.07, 6.45) is 8.19. The first kappa shape index (κ1) is 21.8. The number of nitrogens with zero attached hydrogens (tertiary/aromatic N) is 3. The second kappa shape index (κ2) is 7.95. The molecule has 31 heavy (non-hydrogen) atoms. The Balaban J connectivity index is 1.38. The van der Waals surface area contributed by atoms with Gasteiger partial charge in [-0.2, -0.15) is 5.10 Å². The Hall–Kier alpha value is -2.38. The van der Waals surface area contributed by atoms with Crippen LogP contribution in [0.3, 0.4) is 0 Å². The summed E-state index contributed by atoms with van der Waals surface area (Å²) in [5.41, 5.74) is -0.618. The van der Waals surface area contributed by atoms with E-state index in [1.165, 1.54) is 12.8 Å². The normalized spacial score (nSPS) is 27.5. The fraction of sp³-hybridized carbons (Fsp3) is 0.739. The maximum Gasteiger partial charge on any atom is 0.325 e. The van der Waals surface area contributed by atoms with Crippen LogP contribution >= 0.6 is 0 Å². The number of nitrogens with one attached hydrogen (secondary N) is 2. The molecule has 8 heteroatoms. The Morgan fingerprint density at radius 3 is 2.58 bits per heavy atom. The molecule has 1 unspecified atom stereocenters. The SMILES string of the molecule is CCC(C)(C)C1CCC2(CC1)NC(=O)N(CC(=O)Nc1ccnn1C(C)C1CC1)C2=O. The van der Waals surface area contributed by atoms with E-state index in [4.69, 9.17) is 0 Å². The van der Waals surface area contributed by atoms with Crippen molar-refractivity contribution in [3.05, 3.63) is 12.3 Å².